The summed E-state index contributed by atoms with van der Waals surface area (Å²) in [5.74, 6) is 2.29. The van der Waals surface area contributed by atoms with Gasteiger partial charge in [0, 0.05) is 6.54 Å². The molecule has 1 heterocycles. The van der Waals surface area contributed by atoms with E-state index in [-0.39, 0.29) is 5.54 Å². The maximum Gasteiger partial charge on any atom is 0.193 e. The lowest BCUT2D eigenvalue weighted by Gasteiger charge is -2.22. The second-order valence-electron chi connectivity index (χ2n) is 5.77. The van der Waals surface area contributed by atoms with Crippen LogP contribution in [-0.4, -0.2) is 20.6 Å². The molecule has 0 amide bonds. The van der Waals surface area contributed by atoms with Crippen LogP contribution < -0.4 is 10.1 Å². The van der Waals surface area contributed by atoms with E-state index in [4.69, 9.17) is 4.74 Å². The third kappa shape index (κ3) is 3.92. The van der Waals surface area contributed by atoms with Crippen LogP contribution in [0.4, 0.5) is 0 Å². The second kappa shape index (κ2) is 6.58. The first-order valence-electron chi connectivity index (χ1n) is 7.44. The summed E-state index contributed by atoms with van der Waals surface area (Å²) in [5.41, 5.74) is 0.800. The molecule has 0 unspecified atom stereocenters. The lowest BCUT2D eigenvalue weighted by molar-refractivity contribution is 0.378. The van der Waals surface area contributed by atoms with Gasteiger partial charge in [-0.15, -0.1) is 10.2 Å². The van der Waals surface area contributed by atoms with Gasteiger partial charge in [0.15, 0.2) is 5.82 Å². The fraction of sp³-hybridized carbons (Fsp3) is 0.235. The lowest BCUT2D eigenvalue weighted by atomic mass is 10.0. The number of tetrazole rings is 1. The molecule has 0 aliphatic heterocycles. The third-order valence-electron chi connectivity index (χ3n) is 3.54. The van der Waals surface area contributed by atoms with E-state index < -0.39 is 0 Å². The van der Waals surface area contributed by atoms with Crippen molar-refractivity contribution in [3.63, 3.8) is 0 Å². The first-order chi connectivity index (χ1) is 11.1. The van der Waals surface area contributed by atoms with Crippen molar-refractivity contribution in [2.24, 2.45) is 0 Å². The zero-order chi connectivity index (χ0) is 16.1. The van der Waals surface area contributed by atoms with Gasteiger partial charge in [-0.05, 0) is 43.7 Å². The number of rotatable bonds is 6. The molecule has 0 saturated heterocycles. The standard InChI is InChI=1S/C17H19N5O/c1-17(2,16-19-21-22-20-16)18-12-13-8-10-15(11-9-13)23-14-6-4-3-5-7-14/h3-11,18H,12H2,1-2H3,(H,19,20,21,22). The molecule has 0 bridgehead atoms. The van der Waals surface area contributed by atoms with Gasteiger partial charge >= 0.3 is 0 Å². The number of para-hydroxylation sites is 1. The van der Waals surface area contributed by atoms with E-state index in [9.17, 15) is 0 Å². The molecule has 2 N–H and O–H groups in total. The Hall–Kier alpha value is -2.73. The monoisotopic (exact) mass is 309 g/mol. The SMILES string of the molecule is CC(C)(NCc1ccc(Oc2ccccc2)cc1)c1nn[nH]n1. The maximum absolute atomic E-state index is 5.78. The Balaban J connectivity index is 1.59. The summed E-state index contributed by atoms with van der Waals surface area (Å²) in [6.07, 6.45) is 0. The fourth-order valence-corrected chi connectivity index (χ4v) is 2.13. The van der Waals surface area contributed by atoms with Crippen LogP contribution in [0.2, 0.25) is 0 Å². The number of nitrogens with zero attached hydrogens (tertiary/aromatic N) is 3. The fourth-order valence-electron chi connectivity index (χ4n) is 2.13. The highest BCUT2D eigenvalue weighted by Gasteiger charge is 2.24. The van der Waals surface area contributed by atoms with E-state index in [1.165, 1.54) is 0 Å². The molecule has 0 fully saturated rings. The Labute approximate surface area is 134 Å². The number of ether oxygens (including phenoxy) is 1. The first-order valence-corrected chi connectivity index (χ1v) is 7.44. The van der Waals surface area contributed by atoms with E-state index in [2.05, 4.69) is 25.9 Å². The molecule has 0 saturated carbocycles. The highest BCUT2D eigenvalue weighted by atomic mass is 16.5. The molecule has 0 spiro atoms. The molecule has 2 aromatic carbocycles. The summed E-state index contributed by atoms with van der Waals surface area (Å²) < 4.78 is 5.78. The van der Waals surface area contributed by atoms with E-state index >= 15 is 0 Å². The summed E-state index contributed by atoms with van der Waals surface area (Å²) >= 11 is 0. The van der Waals surface area contributed by atoms with Crippen molar-refractivity contribution in [2.45, 2.75) is 25.9 Å². The van der Waals surface area contributed by atoms with Gasteiger partial charge in [0.25, 0.3) is 0 Å². The van der Waals surface area contributed by atoms with Gasteiger partial charge in [0.05, 0.1) is 5.54 Å². The van der Waals surface area contributed by atoms with E-state index in [1.807, 2.05) is 68.4 Å². The van der Waals surface area contributed by atoms with Gasteiger partial charge in [-0.25, -0.2) is 0 Å². The molecule has 0 radical (unpaired) electrons. The zero-order valence-electron chi connectivity index (χ0n) is 13.2. The quantitative estimate of drug-likeness (QED) is 0.732. The van der Waals surface area contributed by atoms with Crippen molar-refractivity contribution in [3.05, 3.63) is 66.0 Å². The number of benzene rings is 2. The Morgan fingerprint density at radius 1 is 1.00 bits per heavy atom. The number of H-pyrrole nitrogens is 1. The van der Waals surface area contributed by atoms with Crippen molar-refractivity contribution >= 4 is 0 Å². The largest absolute Gasteiger partial charge is 0.457 e. The normalized spacial score (nSPS) is 11.4. The molecule has 0 aliphatic carbocycles. The van der Waals surface area contributed by atoms with E-state index in [0.29, 0.717) is 12.4 Å². The minimum Gasteiger partial charge on any atom is -0.457 e. The molecule has 3 rings (SSSR count). The number of nitrogens with one attached hydrogen (secondary N) is 2. The van der Waals surface area contributed by atoms with Gasteiger partial charge in [0.2, 0.25) is 0 Å². The van der Waals surface area contributed by atoms with E-state index in [0.717, 1.165) is 17.1 Å². The van der Waals surface area contributed by atoms with Crippen LogP contribution in [0.15, 0.2) is 54.6 Å². The Morgan fingerprint density at radius 3 is 2.35 bits per heavy atom. The van der Waals surface area contributed by atoms with Crippen molar-refractivity contribution in [1.82, 2.24) is 25.9 Å². The van der Waals surface area contributed by atoms with E-state index in [1.54, 1.807) is 0 Å². The lowest BCUT2D eigenvalue weighted by Crippen LogP contribution is -2.37. The molecule has 6 heteroatoms. The minimum absolute atomic E-state index is 0.355. The van der Waals surface area contributed by atoms with Crippen LogP contribution in [0.1, 0.15) is 25.2 Å². The summed E-state index contributed by atoms with van der Waals surface area (Å²) in [5, 5.41) is 17.6. The molecule has 3 aromatic rings. The molecule has 118 valence electrons. The second-order valence-corrected chi connectivity index (χ2v) is 5.77. The highest BCUT2D eigenvalue weighted by Crippen LogP contribution is 2.21. The average molecular weight is 309 g/mol. The molecular weight excluding hydrogens is 290 g/mol. The Morgan fingerprint density at radius 2 is 1.70 bits per heavy atom. The third-order valence-corrected chi connectivity index (χ3v) is 3.54. The van der Waals surface area contributed by atoms with Gasteiger partial charge in [-0.1, -0.05) is 35.5 Å². The molecule has 6 nitrogen and oxygen atoms in total. The number of aromatic nitrogens is 4. The Bertz CT molecular complexity index is 723. The van der Waals surface area contributed by atoms with Crippen LogP contribution in [0, 0.1) is 0 Å². The molecular formula is C17H19N5O. The zero-order valence-corrected chi connectivity index (χ0v) is 13.2. The Kier molecular flexibility index (Phi) is 4.34. The van der Waals surface area contributed by atoms with Crippen LogP contribution in [0.3, 0.4) is 0 Å². The first kappa shape index (κ1) is 15.2. The summed E-state index contributed by atoms with van der Waals surface area (Å²) in [4.78, 5) is 0. The number of hydrogen-bond donors (Lipinski definition) is 2. The highest BCUT2D eigenvalue weighted by molar-refractivity contribution is 5.33. The average Bonchev–Trinajstić information content (AvgIpc) is 3.11. The van der Waals surface area contributed by atoms with Crippen molar-refractivity contribution in [3.8, 4) is 11.5 Å². The molecule has 0 atom stereocenters. The van der Waals surface area contributed by atoms with Gasteiger partial charge in [-0.2, -0.15) is 5.21 Å². The van der Waals surface area contributed by atoms with Crippen LogP contribution in [-0.2, 0) is 12.1 Å². The van der Waals surface area contributed by atoms with Crippen LogP contribution in [0.25, 0.3) is 0 Å². The number of aromatic amines is 1. The minimum atomic E-state index is -0.355. The predicted octanol–water partition coefficient (Wildman–Crippen LogP) is 3.02. The summed E-state index contributed by atoms with van der Waals surface area (Å²) in [6.45, 7) is 4.74. The topological polar surface area (TPSA) is 75.7 Å². The van der Waals surface area contributed by atoms with Crippen molar-refractivity contribution in [2.75, 3.05) is 0 Å². The summed E-state index contributed by atoms with van der Waals surface area (Å²) in [7, 11) is 0. The van der Waals surface area contributed by atoms with Crippen molar-refractivity contribution < 1.29 is 4.74 Å². The molecule has 23 heavy (non-hydrogen) atoms. The predicted molar refractivity (Wildman–Crippen MR) is 87.0 cm³/mol. The molecule has 1 aromatic heterocycles. The summed E-state index contributed by atoms with van der Waals surface area (Å²) in [6, 6.07) is 17.7. The maximum atomic E-state index is 5.78. The van der Waals surface area contributed by atoms with Crippen molar-refractivity contribution in [1.29, 1.82) is 0 Å². The molecule has 0 aliphatic rings. The van der Waals surface area contributed by atoms with Gasteiger partial charge in [-0.3, -0.25) is 0 Å². The van der Waals surface area contributed by atoms with Gasteiger partial charge in [0.1, 0.15) is 11.5 Å². The number of hydrogen-bond acceptors (Lipinski definition) is 5. The van der Waals surface area contributed by atoms with Crippen LogP contribution in [0.5, 0.6) is 11.5 Å². The van der Waals surface area contributed by atoms with Gasteiger partial charge < -0.3 is 10.1 Å². The van der Waals surface area contributed by atoms with Crippen LogP contribution >= 0.6 is 0 Å². The smallest absolute Gasteiger partial charge is 0.193 e.